The first-order valence-corrected chi connectivity index (χ1v) is 11.8. The second kappa shape index (κ2) is 10.7. The van der Waals surface area contributed by atoms with Gasteiger partial charge in [-0.05, 0) is 58.1 Å². The summed E-state index contributed by atoms with van der Waals surface area (Å²) < 4.78 is 16.4. The molecule has 0 bridgehead atoms. The van der Waals surface area contributed by atoms with Gasteiger partial charge in [-0.3, -0.25) is 15.0 Å². The number of nitrogens with two attached hydrogens (primary N) is 1. The van der Waals surface area contributed by atoms with Gasteiger partial charge in [0.25, 0.3) is 0 Å². The number of alkyl halides is 1. The largest absolute Gasteiger partial charge is 0.382 e. The Morgan fingerprint density at radius 2 is 2.15 bits per heavy atom. The highest BCUT2D eigenvalue weighted by atomic mass is 19.1. The Labute approximate surface area is 198 Å². The van der Waals surface area contributed by atoms with Crippen molar-refractivity contribution in [2.24, 2.45) is 25.7 Å². The van der Waals surface area contributed by atoms with Crippen LogP contribution >= 0.6 is 0 Å². The molecule has 1 aliphatic carbocycles. The lowest BCUT2D eigenvalue weighted by Gasteiger charge is -2.27. The van der Waals surface area contributed by atoms with Crippen molar-refractivity contribution in [3.8, 4) is 0 Å². The van der Waals surface area contributed by atoms with E-state index in [1.807, 2.05) is 39.0 Å². The van der Waals surface area contributed by atoms with Crippen LogP contribution in [0.15, 0.2) is 50.6 Å². The maximum Gasteiger partial charge on any atom is 0.225 e. The minimum absolute atomic E-state index is 0.00430. The zero-order valence-corrected chi connectivity index (χ0v) is 19.9. The van der Waals surface area contributed by atoms with Gasteiger partial charge in [0.1, 0.15) is 17.2 Å². The van der Waals surface area contributed by atoms with Crippen LogP contribution in [0.2, 0.25) is 0 Å². The number of nitrogens with zero attached hydrogens (tertiary/aromatic N) is 7. The Hall–Kier alpha value is -3.43. The van der Waals surface area contributed by atoms with E-state index in [2.05, 4.69) is 25.4 Å². The summed E-state index contributed by atoms with van der Waals surface area (Å²) in [5.74, 6) is 1.22. The second-order valence-corrected chi connectivity index (χ2v) is 8.58. The monoisotopic (exact) mass is 465 g/mol. The number of fused-ring (bicyclic) bond motifs is 1. The van der Waals surface area contributed by atoms with Gasteiger partial charge in [-0.25, -0.2) is 14.4 Å². The highest BCUT2D eigenvalue weighted by Crippen LogP contribution is 2.24. The van der Waals surface area contributed by atoms with Gasteiger partial charge in [-0.15, -0.1) is 0 Å². The molecule has 1 saturated carbocycles. The summed E-state index contributed by atoms with van der Waals surface area (Å²) >= 11 is 0. The molecule has 4 rings (SSSR count). The molecule has 0 spiro atoms. The third kappa shape index (κ3) is 5.37. The van der Waals surface area contributed by atoms with Gasteiger partial charge in [0.2, 0.25) is 5.96 Å². The van der Waals surface area contributed by atoms with Crippen LogP contribution in [0.25, 0.3) is 11.0 Å². The molecular weight excluding hydrogens is 433 g/mol. The number of pyridine rings is 1. The van der Waals surface area contributed by atoms with Crippen molar-refractivity contribution in [3.05, 3.63) is 36.3 Å². The van der Waals surface area contributed by atoms with Crippen LogP contribution in [-0.4, -0.2) is 62.9 Å². The number of aliphatic imine (C=N–C) groups is 4. The number of hydrogen-bond acceptors (Lipinski definition) is 6. The summed E-state index contributed by atoms with van der Waals surface area (Å²) in [7, 11) is 0. The number of allylic oxidation sites excluding steroid dienone is 1. The number of aryl methyl sites for hydroxylation is 1. The van der Waals surface area contributed by atoms with Crippen molar-refractivity contribution >= 4 is 34.4 Å². The lowest BCUT2D eigenvalue weighted by atomic mass is 9.91. The molecule has 34 heavy (non-hydrogen) atoms. The first-order chi connectivity index (χ1) is 16.5. The minimum Gasteiger partial charge on any atom is -0.382 e. The summed E-state index contributed by atoms with van der Waals surface area (Å²) in [6.07, 6.45) is 8.22. The molecule has 0 saturated heterocycles. The van der Waals surface area contributed by atoms with E-state index >= 15 is 0 Å². The van der Waals surface area contributed by atoms with Gasteiger partial charge >= 0.3 is 0 Å². The first-order valence-electron chi connectivity index (χ1n) is 11.8. The number of nitrogens with one attached hydrogen (secondary N) is 1. The molecule has 2 aromatic rings. The molecule has 180 valence electrons. The van der Waals surface area contributed by atoms with E-state index in [1.165, 1.54) is 0 Å². The molecule has 1 unspecified atom stereocenters. The van der Waals surface area contributed by atoms with Crippen molar-refractivity contribution in [1.82, 2.24) is 20.1 Å². The Morgan fingerprint density at radius 3 is 2.94 bits per heavy atom. The Bertz CT molecular complexity index is 1170. The standard InChI is InChI=1S/C24H32FN9/c1-4-11-27-19(5-2)22(26)31-16-7-6-8-17(12-16)32-23-18(25)13-28-24(33-23)34-21-10-9-15(3)30-20(21)14-29-34/h4,9-11,14,16-18H,5-8,12-13H2,1-3H3,(H2,26,31)(H,28,32,33)/b11-4-,27-19?/t16-,17+,18?/m1/s1. The number of amidine groups is 2. The fourth-order valence-corrected chi connectivity index (χ4v) is 4.25. The summed E-state index contributed by atoms with van der Waals surface area (Å²) in [5.41, 5.74) is 9.48. The van der Waals surface area contributed by atoms with E-state index in [9.17, 15) is 4.39 Å². The third-order valence-electron chi connectivity index (χ3n) is 5.98. The molecule has 0 radical (unpaired) electrons. The second-order valence-electron chi connectivity index (χ2n) is 8.58. The van der Waals surface area contributed by atoms with Crippen LogP contribution < -0.4 is 11.1 Å². The van der Waals surface area contributed by atoms with Crippen LogP contribution in [0, 0.1) is 6.92 Å². The van der Waals surface area contributed by atoms with Crippen molar-refractivity contribution in [1.29, 1.82) is 0 Å². The van der Waals surface area contributed by atoms with E-state index in [0.29, 0.717) is 24.1 Å². The summed E-state index contributed by atoms with van der Waals surface area (Å²) in [6.45, 7) is 5.86. The Morgan fingerprint density at radius 1 is 1.32 bits per heavy atom. The van der Waals surface area contributed by atoms with Crippen LogP contribution in [0.5, 0.6) is 0 Å². The Balaban J connectivity index is 1.49. The fraction of sp³-hybridized carbons (Fsp3) is 0.500. The van der Waals surface area contributed by atoms with E-state index in [1.54, 1.807) is 17.1 Å². The number of rotatable bonds is 5. The van der Waals surface area contributed by atoms with Crippen LogP contribution in [0.3, 0.4) is 0 Å². The van der Waals surface area contributed by atoms with Gasteiger partial charge in [0.15, 0.2) is 6.17 Å². The van der Waals surface area contributed by atoms with E-state index in [-0.39, 0.29) is 18.6 Å². The van der Waals surface area contributed by atoms with E-state index in [0.717, 1.165) is 48.1 Å². The first kappa shape index (κ1) is 23.7. The van der Waals surface area contributed by atoms with Gasteiger partial charge in [0, 0.05) is 11.9 Å². The van der Waals surface area contributed by atoms with Crippen molar-refractivity contribution in [2.45, 2.75) is 71.1 Å². The fourth-order valence-electron chi connectivity index (χ4n) is 4.25. The molecule has 3 N–H and O–H groups in total. The van der Waals surface area contributed by atoms with Gasteiger partial charge in [0.05, 0.1) is 36.1 Å². The predicted octanol–water partition coefficient (Wildman–Crippen LogP) is 3.34. The van der Waals surface area contributed by atoms with Gasteiger partial charge in [-0.1, -0.05) is 13.0 Å². The topological polar surface area (TPSA) is 118 Å². The smallest absolute Gasteiger partial charge is 0.225 e. The normalized spacial score (nSPS) is 25.7. The molecule has 10 heteroatoms. The third-order valence-corrected chi connectivity index (χ3v) is 5.98. The lowest BCUT2D eigenvalue weighted by Crippen LogP contribution is -2.47. The van der Waals surface area contributed by atoms with Crippen molar-refractivity contribution in [3.63, 3.8) is 0 Å². The van der Waals surface area contributed by atoms with E-state index < -0.39 is 6.17 Å². The number of halogens is 1. The minimum atomic E-state index is -1.28. The molecule has 2 aromatic heterocycles. The average molecular weight is 466 g/mol. The molecule has 3 atom stereocenters. The highest BCUT2D eigenvalue weighted by Gasteiger charge is 2.27. The number of hydrogen-bond donors (Lipinski definition) is 2. The van der Waals surface area contributed by atoms with Gasteiger partial charge in [-0.2, -0.15) is 9.78 Å². The van der Waals surface area contributed by atoms with Crippen molar-refractivity contribution in [2.75, 3.05) is 6.54 Å². The average Bonchev–Trinajstić information content (AvgIpc) is 3.24. The predicted molar refractivity (Wildman–Crippen MR) is 136 cm³/mol. The molecule has 0 aromatic carbocycles. The van der Waals surface area contributed by atoms with Crippen LogP contribution in [-0.2, 0) is 0 Å². The molecule has 9 nitrogen and oxygen atoms in total. The Kier molecular flexibility index (Phi) is 7.44. The maximum atomic E-state index is 14.8. The van der Waals surface area contributed by atoms with Crippen molar-refractivity contribution < 1.29 is 4.39 Å². The molecule has 1 fully saturated rings. The molecule has 1 aliphatic heterocycles. The van der Waals surface area contributed by atoms with Crippen LogP contribution in [0.4, 0.5) is 4.39 Å². The number of aromatic nitrogens is 3. The lowest BCUT2D eigenvalue weighted by molar-refractivity contribution is 0.384. The quantitative estimate of drug-likeness (QED) is 0.520. The zero-order valence-electron chi connectivity index (χ0n) is 19.9. The summed E-state index contributed by atoms with van der Waals surface area (Å²) in [5, 5.41) is 7.47. The highest BCUT2D eigenvalue weighted by molar-refractivity contribution is 6.40. The molecule has 3 heterocycles. The van der Waals surface area contributed by atoms with E-state index in [4.69, 9.17) is 15.7 Å². The maximum absolute atomic E-state index is 14.8. The molecular formula is C24H32FN9. The zero-order chi connectivity index (χ0) is 24.1. The van der Waals surface area contributed by atoms with Gasteiger partial charge < -0.3 is 11.1 Å². The van der Waals surface area contributed by atoms with Crippen LogP contribution in [0.1, 0.15) is 51.6 Å². The SMILES string of the molecule is C/C=C\N=C(CC)C(N)=N[C@@H]1CCC[C@H](N=C2NC(n3ncc4nc(C)ccc43)=NCC2F)C1. The summed E-state index contributed by atoms with van der Waals surface area (Å²) in [6, 6.07) is 3.86. The molecule has 2 aliphatic rings. The summed E-state index contributed by atoms with van der Waals surface area (Å²) in [4.78, 5) is 22.7. The molecule has 0 amide bonds.